The molecule has 0 aromatic carbocycles. The predicted octanol–water partition coefficient (Wildman–Crippen LogP) is -0.211. The highest BCUT2D eigenvalue weighted by Crippen LogP contribution is 2.12. The van der Waals surface area contributed by atoms with Gasteiger partial charge in [0.25, 0.3) is 0 Å². The van der Waals surface area contributed by atoms with Crippen molar-refractivity contribution in [2.45, 2.75) is 31.8 Å². The highest BCUT2D eigenvalue weighted by atomic mass is 32.2. The van der Waals surface area contributed by atoms with Crippen molar-refractivity contribution in [2.75, 3.05) is 51.3 Å². The second-order valence-electron chi connectivity index (χ2n) is 5.90. The van der Waals surface area contributed by atoms with E-state index in [1.807, 2.05) is 0 Å². The van der Waals surface area contributed by atoms with E-state index in [9.17, 15) is 8.42 Å². The van der Waals surface area contributed by atoms with E-state index in [2.05, 4.69) is 29.1 Å². The van der Waals surface area contributed by atoms with E-state index >= 15 is 0 Å². The van der Waals surface area contributed by atoms with Gasteiger partial charge in [0.15, 0.2) is 9.84 Å². The van der Waals surface area contributed by atoms with Gasteiger partial charge in [-0.2, -0.15) is 0 Å². The van der Waals surface area contributed by atoms with Crippen molar-refractivity contribution in [3.63, 3.8) is 0 Å². The molecule has 0 radical (unpaired) electrons. The normalized spacial score (nSPS) is 33.4. The summed E-state index contributed by atoms with van der Waals surface area (Å²) in [7, 11) is -0.603. The molecule has 0 amide bonds. The van der Waals surface area contributed by atoms with Crippen molar-refractivity contribution in [1.29, 1.82) is 0 Å². The molecule has 2 heterocycles. The number of nitrogens with zero attached hydrogens (tertiary/aromatic N) is 2. The molecule has 2 saturated heterocycles. The van der Waals surface area contributed by atoms with Gasteiger partial charge in [0.1, 0.15) is 0 Å². The largest absolute Gasteiger partial charge is 0.312 e. The summed E-state index contributed by atoms with van der Waals surface area (Å²) in [4.78, 5) is 4.91. The fourth-order valence-electron chi connectivity index (χ4n) is 3.05. The molecule has 1 N–H and O–H groups in total. The smallest absolute Gasteiger partial charge is 0.153 e. The van der Waals surface area contributed by atoms with Gasteiger partial charge in [0.05, 0.1) is 11.5 Å². The molecule has 5 nitrogen and oxygen atoms in total. The first-order valence-electron chi connectivity index (χ1n) is 7.36. The fraction of sp³-hybridized carbons (Fsp3) is 1.00. The van der Waals surface area contributed by atoms with Crippen LogP contribution in [0, 0.1) is 0 Å². The van der Waals surface area contributed by atoms with Gasteiger partial charge in [-0.15, -0.1) is 0 Å². The Hall–Kier alpha value is -0.170. The molecule has 2 atom stereocenters. The van der Waals surface area contributed by atoms with Gasteiger partial charge >= 0.3 is 0 Å². The molecule has 6 heteroatoms. The van der Waals surface area contributed by atoms with Crippen molar-refractivity contribution in [2.24, 2.45) is 0 Å². The minimum Gasteiger partial charge on any atom is -0.312 e. The van der Waals surface area contributed by atoms with E-state index in [0.29, 0.717) is 24.1 Å². The third-order valence-electron chi connectivity index (χ3n) is 4.43. The molecule has 0 aromatic rings. The van der Waals surface area contributed by atoms with Crippen molar-refractivity contribution < 1.29 is 8.42 Å². The molecule has 112 valence electrons. The van der Waals surface area contributed by atoms with Crippen molar-refractivity contribution >= 4 is 9.84 Å². The summed E-state index contributed by atoms with van der Waals surface area (Å²) in [6.45, 7) is 7.21. The number of hydrogen-bond donors (Lipinski definition) is 1. The van der Waals surface area contributed by atoms with Crippen molar-refractivity contribution in [3.05, 3.63) is 0 Å². The molecule has 2 aliphatic heterocycles. The SMILES string of the molecule is CCC1CN(CCC2CS(=O)(=O)CCN2)CCN1C. The maximum atomic E-state index is 11.6. The minimum absolute atomic E-state index is 0.151. The lowest BCUT2D eigenvalue weighted by atomic mass is 10.1. The summed E-state index contributed by atoms with van der Waals surface area (Å²) >= 11 is 0. The number of hydrogen-bond acceptors (Lipinski definition) is 5. The molecule has 2 unspecified atom stereocenters. The minimum atomic E-state index is -2.80. The Bertz CT molecular complexity index is 385. The average molecular weight is 289 g/mol. The maximum absolute atomic E-state index is 11.6. The molecule has 0 bridgehead atoms. The monoisotopic (exact) mass is 289 g/mol. The van der Waals surface area contributed by atoms with E-state index in [-0.39, 0.29) is 6.04 Å². The number of nitrogens with one attached hydrogen (secondary N) is 1. The highest BCUT2D eigenvalue weighted by molar-refractivity contribution is 7.91. The summed E-state index contributed by atoms with van der Waals surface area (Å²) in [6.07, 6.45) is 2.13. The predicted molar refractivity (Wildman–Crippen MR) is 78.2 cm³/mol. The highest BCUT2D eigenvalue weighted by Gasteiger charge is 2.26. The molecular formula is C13H27N3O2S. The Kier molecular flexibility index (Phi) is 5.22. The Labute approximate surface area is 117 Å². The average Bonchev–Trinajstić information content (AvgIpc) is 2.36. The zero-order chi connectivity index (χ0) is 13.9. The zero-order valence-electron chi connectivity index (χ0n) is 12.1. The molecule has 2 aliphatic rings. The van der Waals surface area contributed by atoms with Gasteiger partial charge in [-0.25, -0.2) is 8.42 Å². The number of likely N-dealkylation sites (N-methyl/N-ethyl adjacent to an activating group) is 1. The van der Waals surface area contributed by atoms with Gasteiger partial charge in [0, 0.05) is 38.3 Å². The first kappa shape index (κ1) is 15.2. The number of piperazine rings is 1. The van der Waals surface area contributed by atoms with Crippen LogP contribution in [0.25, 0.3) is 0 Å². The van der Waals surface area contributed by atoms with Crippen LogP contribution in [0.3, 0.4) is 0 Å². The topological polar surface area (TPSA) is 52.7 Å². The molecule has 19 heavy (non-hydrogen) atoms. The van der Waals surface area contributed by atoms with Crippen LogP contribution >= 0.6 is 0 Å². The summed E-state index contributed by atoms with van der Waals surface area (Å²) in [6, 6.07) is 0.801. The van der Waals surface area contributed by atoms with E-state index in [4.69, 9.17) is 0 Å². The summed E-state index contributed by atoms with van der Waals surface area (Å²) in [5, 5.41) is 3.33. The lowest BCUT2D eigenvalue weighted by molar-refractivity contribution is 0.0906. The van der Waals surface area contributed by atoms with Gasteiger partial charge in [-0.05, 0) is 26.4 Å². The van der Waals surface area contributed by atoms with Crippen LogP contribution < -0.4 is 5.32 Å². The standard InChI is InChI=1S/C13H27N3O2S/c1-3-13-10-16(8-7-15(13)2)6-4-12-11-19(17,18)9-5-14-12/h12-14H,3-11H2,1-2H3. The van der Waals surface area contributed by atoms with E-state index < -0.39 is 9.84 Å². The fourth-order valence-corrected chi connectivity index (χ4v) is 4.54. The van der Waals surface area contributed by atoms with Gasteiger partial charge in [0.2, 0.25) is 0 Å². The molecule has 2 fully saturated rings. The molecule has 0 saturated carbocycles. The molecular weight excluding hydrogens is 262 g/mol. The third-order valence-corrected chi connectivity index (χ3v) is 6.16. The van der Waals surface area contributed by atoms with Crippen LogP contribution in [0.5, 0.6) is 0 Å². The van der Waals surface area contributed by atoms with E-state index in [1.54, 1.807) is 0 Å². The van der Waals surface area contributed by atoms with Crippen LogP contribution in [0.4, 0.5) is 0 Å². The Balaban J connectivity index is 1.76. The first-order chi connectivity index (χ1) is 9.00. The summed E-state index contributed by atoms with van der Waals surface area (Å²) < 4.78 is 23.2. The first-order valence-corrected chi connectivity index (χ1v) is 9.18. The summed E-state index contributed by atoms with van der Waals surface area (Å²) in [5.74, 6) is 0.619. The van der Waals surface area contributed by atoms with E-state index in [0.717, 1.165) is 32.6 Å². The molecule has 2 rings (SSSR count). The van der Waals surface area contributed by atoms with Crippen LogP contribution in [-0.4, -0.2) is 81.6 Å². The second kappa shape index (κ2) is 6.52. The van der Waals surface area contributed by atoms with Crippen LogP contribution in [-0.2, 0) is 9.84 Å². The Morgan fingerprint density at radius 2 is 2.11 bits per heavy atom. The van der Waals surface area contributed by atoms with Gasteiger partial charge < -0.3 is 15.1 Å². The second-order valence-corrected chi connectivity index (χ2v) is 8.13. The lowest BCUT2D eigenvalue weighted by Gasteiger charge is -2.39. The molecule has 0 aromatic heterocycles. The zero-order valence-corrected chi connectivity index (χ0v) is 13.0. The maximum Gasteiger partial charge on any atom is 0.153 e. The van der Waals surface area contributed by atoms with Gasteiger partial charge in [-0.3, -0.25) is 0 Å². The molecule has 0 aliphatic carbocycles. The Morgan fingerprint density at radius 1 is 1.32 bits per heavy atom. The van der Waals surface area contributed by atoms with Crippen LogP contribution in [0.15, 0.2) is 0 Å². The summed E-state index contributed by atoms with van der Waals surface area (Å²) in [5.41, 5.74) is 0. The quantitative estimate of drug-likeness (QED) is 0.776. The Morgan fingerprint density at radius 3 is 2.79 bits per heavy atom. The molecule has 0 spiro atoms. The van der Waals surface area contributed by atoms with Crippen LogP contribution in [0.1, 0.15) is 19.8 Å². The lowest BCUT2D eigenvalue weighted by Crippen LogP contribution is -2.52. The number of sulfone groups is 1. The number of rotatable bonds is 4. The third kappa shape index (κ3) is 4.41. The van der Waals surface area contributed by atoms with Crippen molar-refractivity contribution in [1.82, 2.24) is 15.1 Å². The van der Waals surface area contributed by atoms with Crippen molar-refractivity contribution in [3.8, 4) is 0 Å². The van der Waals surface area contributed by atoms with Crippen LogP contribution in [0.2, 0.25) is 0 Å². The van der Waals surface area contributed by atoms with E-state index in [1.165, 1.54) is 6.42 Å². The van der Waals surface area contributed by atoms with Gasteiger partial charge in [-0.1, -0.05) is 6.92 Å².